The second-order valence-electron chi connectivity index (χ2n) is 3.58. The van der Waals surface area contributed by atoms with E-state index in [1.807, 2.05) is 66.7 Å². The van der Waals surface area contributed by atoms with Crippen molar-refractivity contribution >= 4 is 17.7 Å². The van der Waals surface area contributed by atoms with Gasteiger partial charge >= 0.3 is 0 Å². The molecule has 0 radical (unpaired) electrons. The quantitative estimate of drug-likeness (QED) is 0.773. The fraction of sp³-hybridized carbons (Fsp3) is 0.0667. The highest BCUT2D eigenvalue weighted by atomic mass is 35.5. The zero-order chi connectivity index (χ0) is 11.9. The lowest BCUT2D eigenvalue weighted by Gasteiger charge is -2.01. The number of hydrogen-bond donors (Lipinski definition) is 0. The Kier molecular flexibility index (Phi) is 4.23. The Hall–Kier alpha value is -1.73. The highest BCUT2D eigenvalue weighted by Gasteiger charge is 1.89. The van der Waals surface area contributed by atoms with Gasteiger partial charge in [-0.15, -0.1) is 0 Å². The molecule has 0 heterocycles. The summed E-state index contributed by atoms with van der Waals surface area (Å²) in [5.41, 5.74) is 1.12. The maximum absolute atomic E-state index is 5.80. The second-order valence-corrected chi connectivity index (χ2v) is 4.01. The lowest BCUT2D eigenvalue weighted by Crippen LogP contribution is -1.92. The van der Waals surface area contributed by atoms with E-state index < -0.39 is 0 Å². The molecule has 0 saturated carbocycles. The molecule has 17 heavy (non-hydrogen) atoms. The number of hydrogen-bond acceptors (Lipinski definition) is 1. The first-order chi connectivity index (χ1) is 8.34. The monoisotopic (exact) mass is 244 g/mol. The first kappa shape index (κ1) is 11.7. The molecule has 0 fully saturated rings. The summed E-state index contributed by atoms with van der Waals surface area (Å²) in [5.74, 6) is 0.883. The van der Waals surface area contributed by atoms with Gasteiger partial charge < -0.3 is 4.74 Å². The van der Waals surface area contributed by atoms with Crippen LogP contribution in [0.4, 0.5) is 0 Å². The molecule has 0 unspecified atom stereocenters. The fourth-order valence-corrected chi connectivity index (χ4v) is 1.55. The van der Waals surface area contributed by atoms with Gasteiger partial charge in [0.1, 0.15) is 12.4 Å². The number of ether oxygens (including phenoxy) is 1. The van der Waals surface area contributed by atoms with Crippen LogP contribution in [0.3, 0.4) is 0 Å². The molecule has 0 aliphatic rings. The Bertz CT molecular complexity index is 474. The Morgan fingerprint density at radius 2 is 1.65 bits per heavy atom. The van der Waals surface area contributed by atoms with Crippen LogP contribution < -0.4 is 4.74 Å². The third-order valence-corrected chi connectivity index (χ3v) is 2.52. The van der Waals surface area contributed by atoms with Crippen LogP contribution in [0.5, 0.6) is 5.75 Å². The summed E-state index contributed by atoms with van der Waals surface area (Å²) in [6.45, 7) is 0.562. The van der Waals surface area contributed by atoms with Crippen molar-refractivity contribution in [1.82, 2.24) is 0 Å². The summed E-state index contributed by atoms with van der Waals surface area (Å²) in [4.78, 5) is 0. The maximum Gasteiger partial charge on any atom is 0.119 e. The zero-order valence-electron chi connectivity index (χ0n) is 9.34. The van der Waals surface area contributed by atoms with Gasteiger partial charge in [-0.25, -0.2) is 0 Å². The minimum Gasteiger partial charge on any atom is -0.490 e. The van der Waals surface area contributed by atoms with Crippen LogP contribution in [-0.2, 0) is 0 Å². The fourth-order valence-electron chi connectivity index (χ4n) is 1.42. The predicted octanol–water partition coefficient (Wildman–Crippen LogP) is 4.43. The molecule has 0 aliphatic heterocycles. The van der Waals surface area contributed by atoms with Crippen LogP contribution in [0.15, 0.2) is 60.7 Å². The SMILES string of the molecule is Clc1ccc(/C=C/COc2ccccc2)cc1. The van der Waals surface area contributed by atoms with Gasteiger partial charge in [0.15, 0.2) is 0 Å². The lowest BCUT2D eigenvalue weighted by molar-refractivity contribution is 0.363. The molecule has 2 aromatic carbocycles. The second kappa shape index (κ2) is 6.12. The number of benzene rings is 2. The molecule has 2 rings (SSSR count). The van der Waals surface area contributed by atoms with Gasteiger partial charge in [-0.2, -0.15) is 0 Å². The van der Waals surface area contributed by atoms with E-state index in [0.29, 0.717) is 6.61 Å². The van der Waals surface area contributed by atoms with Crippen LogP contribution in [0.2, 0.25) is 5.02 Å². The van der Waals surface area contributed by atoms with Crippen molar-refractivity contribution in [3.05, 3.63) is 71.3 Å². The minimum absolute atomic E-state index is 0.562. The largest absolute Gasteiger partial charge is 0.490 e. The van der Waals surface area contributed by atoms with Crippen LogP contribution in [-0.4, -0.2) is 6.61 Å². The Morgan fingerprint density at radius 3 is 2.35 bits per heavy atom. The van der Waals surface area contributed by atoms with Gasteiger partial charge in [-0.3, -0.25) is 0 Å². The Labute approximate surface area is 106 Å². The smallest absolute Gasteiger partial charge is 0.119 e. The van der Waals surface area contributed by atoms with Crippen LogP contribution in [0.1, 0.15) is 5.56 Å². The van der Waals surface area contributed by atoms with Gasteiger partial charge in [0, 0.05) is 5.02 Å². The average Bonchev–Trinajstić information content (AvgIpc) is 2.38. The molecule has 0 spiro atoms. The van der Waals surface area contributed by atoms with E-state index in [4.69, 9.17) is 16.3 Å². The standard InChI is InChI=1S/C15H13ClO/c16-14-10-8-13(9-11-14)5-4-12-17-15-6-2-1-3-7-15/h1-11H,12H2/b5-4+. The molecule has 0 atom stereocenters. The van der Waals surface area contributed by atoms with E-state index in [9.17, 15) is 0 Å². The highest BCUT2D eigenvalue weighted by molar-refractivity contribution is 6.30. The average molecular weight is 245 g/mol. The molecule has 2 aromatic rings. The molecular weight excluding hydrogens is 232 g/mol. The first-order valence-corrected chi connectivity index (χ1v) is 5.82. The van der Waals surface area contributed by atoms with E-state index in [1.54, 1.807) is 0 Å². The van der Waals surface area contributed by atoms with Crippen molar-refractivity contribution < 1.29 is 4.74 Å². The molecule has 1 nitrogen and oxygen atoms in total. The van der Waals surface area contributed by atoms with Crippen LogP contribution >= 0.6 is 11.6 Å². The molecular formula is C15H13ClO. The van der Waals surface area contributed by atoms with E-state index in [0.717, 1.165) is 16.3 Å². The number of halogens is 1. The normalized spacial score (nSPS) is 10.6. The van der Waals surface area contributed by atoms with Gasteiger partial charge in [0.25, 0.3) is 0 Å². The van der Waals surface area contributed by atoms with Crippen LogP contribution in [0, 0.1) is 0 Å². The van der Waals surface area contributed by atoms with Crippen molar-refractivity contribution in [2.24, 2.45) is 0 Å². The lowest BCUT2D eigenvalue weighted by atomic mass is 10.2. The van der Waals surface area contributed by atoms with E-state index in [1.165, 1.54) is 0 Å². The topological polar surface area (TPSA) is 9.23 Å². The van der Waals surface area contributed by atoms with E-state index in [-0.39, 0.29) is 0 Å². The Balaban J connectivity index is 1.84. The molecule has 0 bridgehead atoms. The molecule has 0 aromatic heterocycles. The summed E-state index contributed by atoms with van der Waals surface area (Å²) in [5, 5.41) is 0.752. The molecule has 0 saturated heterocycles. The molecule has 0 amide bonds. The summed E-state index contributed by atoms with van der Waals surface area (Å²) >= 11 is 5.80. The molecule has 0 aliphatic carbocycles. The van der Waals surface area contributed by atoms with Crippen molar-refractivity contribution in [3.63, 3.8) is 0 Å². The third kappa shape index (κ3) is 3.97. The van der Waals surface area contributed by atoms with Crippen molar-refractivity contribution in [1.29, 1.82) is 0 Å². The third-order valence-electron chi connectivity index (χ3n) is 2.27. The molecule has 86 valence electrons. The van der Waals surface area contributed by atoms with Crippen molar-refractivity contribution in [2.45, 2.75) is 0 Å². The van der Waals surface area contributed by atoms with Gasteiger partial charge in [-0.05, 0) is 35.9 Å². The summed E-state index contributed by atoms with van der Waals surface area (Å²) in [6.07, 6.45) is 4.00. The van der Waals surface area contributed by atoms with Crippen molar-refractivity contribution in [3.8, 4) is 5.75 Å². The highest BCUT2D eigenvalue weighted by Crippen LogP contribution is 2.11. The maximum atomic E-state index is 5.80. The molecule has 0 N–H and O–H groups in total. The summed E-state index contributed by atoms with van der Waals surface area (Å²) in [6, 6.07) is 17.5. The molecule has 2 heteroatoms. The van der Waals surface area contributed by atoms with E-state index in [2.05, 4.69) is 0 Å². The first-order valence-electron chi connectivity index (χ1n) is 5.44. The summed E-state index contributed by atoms with van der Waals surface area (Å²) in [7, 11) is 0. The van der Waals surface area contributed by atoms with Gasteiger partial charge in [0.2, 0.25) is 0 Å². The van der Waals surface area contributed by atoms with Gasteiger partial charge in [0.05, 0.1) is 0 Å². The van der Waals surface area contributed by atoms with E-state index >= 15 is 0 Å². The van der Waals surface area contributed by atoms with Crippen LogP contribution in [0.25, 0.3) is 6.08 Å². The van der Waals surface area contributed by atoms with Crippen molar-refractivity contribution in [2.75, 3.05) is 6.61 Å². The summed E-state index contributed by atoms with van der Waals surface area (Å²) < 4.78 is 5.54. The van der Waals surface area contributed by atoms with Gasteiger partial charge in [-0.1, -0.05) is 48.0 Å². The minimum atomic E-state index is 0.562. The Morgan fingerprint density at radius 1 is 0.941 bits per heavy atom. The number of para-hydroxylation sites is 1. The number of rotatable bonds is 4. The predicted molar refractivity (Wildman–Crippen MR) is 72.4 cm³/mol. The zero-order valence-corrected chi connectivity index (χ0v) is 10.1.